The SMILES string of the molecule is CNCC1CC12CCCNC2. The average Bonchev–Trinajstić information content (AvgIpc) is 2.66. The van der Waals surface area contributed by atoms with Crippen molar-refractivity contribution < 1.29 is 0 Å². The molecule has 64 valence electrons. The first kappa shape index (κ1) is 7.56. The quantitative estimate of drug-likeness (QED) is 0.608. The highest BCUT2D eigenvalue weighted by Gasteiger charge is 2.53. The molecule has 2 heteroatoms. The summed E-state index contributed by atoms with van der Waals surface area (Å²) < 4.78 is 0. The molecule has 2 unspecified atom stereocenters. The molecule has 0 amide bonds. The number of hydrogen-bond donors (Lipinski definition) is 2. The maximum absolute atomic E-state index is 3.50. The van der Waals surface area contributed by atoms with E-state index in [1.165, 1.54) is 38.9 Å². The molecule has 1 spiro atoms. The first-order valence-corrected chi connectivity index (χ1v) is 4.73. The highest BCUT2D eigenvalue weighted by atomic mass is 14.9. The van der Waals surface area contributed by atoms with E-state index in [0.717, 1.165) is 11.3 Å². The summed E-state index contributed by atoms with van der Waals surface area (Å²) in [5.41, 5.74) is 0.723. The Bertz CT molecular complexity index is 138. The second-order valence-corrected chi connectivity index (χ2v) is 4.10. The van der Waals surface area contributed by atoms with Crippen LogP contribution >= 0.6 is 0 Å². The van der Waals surface area contributed by atoms with Crippen molar-refractivity contribution in [2.75, 3.05) is 26.7 Å². The summed E-state index contributed by atoms with van der Waals surface area (Å²) in [6.45, 7) is 3.75. The molecule has 1 saturated carbocycles. The molecule has 2 nitrogen and oxygen atoms in total. The Morgan fingerprint density at radius 2 is 2.55 bits per heavy atom. The van der Waals surface area contributed by atoms with E-state index < -0.39 is 0 Å². The maximum atomic E-state index is 3.50. The summed E-state index contributed by atoms with van der Waals surface area (Å²) in [5.74, 6) is 0.972. The Balaban J connectivity index is 1.84. The number of rotatable bonds is 2. The molecule has 0 aromatic heterocycles. The highest BCUT2D eigenvalue weighted by Crippen LogP contribution is 2.55. The van der Waals surface area contributed by atoms with Crippen molar-refractivity contribution in [3.63, 3.8) is 0 Å². The molecule has 1 heterocycles. The van der Waals surface area contributed by atoms with E-state index in [1.807, 2.05) is 0 Å². The lowest BCUT2D eigenvalue weighted by atomic mass is 9.94. The van der Waals surface area contributed by atoms with E-state index >= 15 is 0 Å². The van der Waals surface area contributed by atoms with Crippen LogP contribution in [0.1, 0.15) is 19.3 Å². The van der Waals surface area contributed by atoms with Gasteiger partial charge >= 0.3 is 0 Å². The van der Waals surface area contributed by atoms with Gasteiger partial charge in [0.25, 0.3) is 0 Å². The molecule has 1 aliphatic heterocycles. The lowest BCUT2D eigenvalue weighted by Crippen LogP contribution is -2.33. The van der Waals surface area contributed by atoms with Gasteiger partial charge in [-0.3, -0.25) is 0 Å². The van der Waals surface area contributed by atoms with Crippen LogP contribution in [0.5, 0.6) is 0 Å². The van der Waals surface area contributed by atoms with E-state index in [4.69, 9.17) is 0 Å². The van der Waals surface area contributed by atoms with Crippen molar-refractivity contribution in [2.24, 2.45) is 11.3 Å². The van der Waals surface area contributed by atoms with E-state index in [0.29, 0.717) is 0 Å². The minimum atomic E-state index is 0.723. The Hall–Kier alpha value is -0.0800. The molecule has 11 heavy (non-hydrogen) atoms. The predicted molar refractivity (Wildman–Crippen MR) is 46.6 cm³/mol. The third-order valence-corrected chi connectivity index (χ3v) is 3.31. The molecule has 1 saturated heterocycles. The Morgan fingerprint density at radius 3 is 3.18 bits per heavy atom. The van der Waals surface area contributed by atoms with Crippen molar-refractivity contribution >= 4 is 0 Å². The summed E-state index contributed by atoms with van der Waals surface area (Å²) in [7, 11) is 2.06. The zero-order valence-corrected chi connectivity index (χ0v) is 7.32. The summed E-state index contributed by atoms with van der Waals surface area (Å²) in [6, 6.07) is 0. The Kier molecular flexibility index (Phi) is 1.90. The molecule has 2 rings (SSSR count). The van der Waals surface area contributed by atoms with Crippen LogP contribution < -0.4 is 10.6 Å². The molecule has 2 N–H and O–H groups in total. The van der Waals surface area contributed by atoms with Crippen molar-refractivity contribution in [3.05, 3.63) is 0 Å². The molecule has 0 aromatic carbocycles. The van der Waals surface area contributed by atoms with Crippen LogP contribution in [0.25, 0.3) is 0 Å². The van der Waals surface area contributed by atoms with Crippen molar-refractivity contribution in [1.82, 2.24) is 10.6 Å². The molecule has 0 bridgehead atoms. The largest absolute Gasteiger partial charge is 0.319 e. The number of hydrogen-bond acceptors (Lipinski definition) is 2. The Labute approximate surface area is 68.7 Å². The van der Waals surface area contributed by atoms with Gasteiger partial charge in [-0.05, 0) is 50.7 Å². The zero-order valence-electron chi connectivity index (χ0n) is 7.32. The lowest BCUT2D eigenvalue weighted by molar-refractivity contribution is 0.325. The molecule has 2 fully saturated rings. The minimum Gasteiger partial charge on any atom is -0.319 e. The van der Waals surface area contributed by atoms with Crippen molar-refractivity contribution in [2.45, 2.75) is 19.3 Å². The number of piperidine rings is 1. The van der Waals surface area contributed by atoms with E-state index in [-0.39, 0.29) is 0 Å². The van der Waals surface area contributed by atoms with Gasteiger partial charge in [-0.25, -0.2) is 0 Å². The second kappa shape index (κ2) is 2.76. The van der Waals surface area contributed by atoms with Crippen LogP contribution in [0.2, 0.25) is 0 Å². The van der Waals surface area contributed by atoms with E-state index in [2.05, 4.69) is 17.7 Å². The standard InChI is InChI=1S/C9H18N2/c1-10-6-8-5-9(8)3-2-4-11-7-9/h8,10-11H,2-7H2,1H3. The highest BCUT2D eigenvalue weighted by molar-refractivity contribution is 5.05. The van der Waals surface area contributed by atoms with E-state index in [9.17, 15) is 0 Å². The summed E-state index contributed by atoms with van der Waals surface area (Å²) in [4.78, 5) is 0. The third-order valence-electron chi connectivity index (χ3n) is 3.31. The molecule has 0 radical (unpaired) electrons. The molecular weight excluding hydrogens is 136 g/mol. The van der Waals surface area contributed by atoms with Gasteiger partial charge in [0.15, 0.2) is 0 Å². The summed E-state index contributed by atoms with van der Waals surface area (Å²) in [6.07, 6.45) is 4.31. The van der Waals surface area contributed by atoms with Crippen LogP contribution in [-0.2, 0) is 0 Å². The van der Waals surface area contributed by atoms with Gasteiger partial charge in [-0.15, -0.1) is 0 Å². The van der Waals surface area contributed by atoms with Crippen LogP contribution in [0.3, 0.4) is 0 Å². The average molecular weight is 154 g/mol. The lowest BCUT2D eigenvalue weighted by Gasteiger charge is -2.23. The molecule has 2 atom stereocenters. The van der Waals surface area contributed by atoms with Gasteiger partial charge in [0.2, 0.25) is 0 Å². The van der Waals surface area contributed by atoms with Crippen LogP contribution in [0.15, 0.2) is 0 Å². The third kappa shape index (κ3) is 1.30. The molecule has 0 aromatic rings. The normalized spacial score (nSPS) is 42.8. The van der Waals surface area contributed by atoms with Crippen molar-refractivity contribution in [3.8, 4) is 0 Å². The molecule has 1 aliphatic carbocycles. The van der Waals surface area contributed by atoms with Crippen molar-refractivity contribution in [1.29, 1.82) is 0 Å². The molecular formula is C9H18N2. The fourth-order valence-electron chi connectivity index (χ4n) is 2.48. The van der Waals surface area contributed by atoms with Gasteiger partial charge in [0.1, 0.15) is 0 Å². The van der Waals surface area contributed by atoms with E-state index in [1.54, 1.807) is 0 Å². The summed E-state index contributed by atoms with van der Waals surface area (Å²) >= 11 is 0. The Morgan fingerprint density at radius 1 is 1.64 bits per heavy atom. The summed E-state index contributed by atoms with van der Waals surface area (Å²) in [5, 5.41) is 6.77. The van der Waals surface area contributed by atoms with Crippen LogP contribution in [0.4, 0.5) is 0 Å². The minimum absolute atomic E-state index is 0.723. The first-order valence-electron chi connectivity index (χ1n) is 4.73. The molecule has 2 aliphatic rings. The predicted octanol–water partition coefficient (Wildman–Crippen LogP) is 0.595. The number of nitrogens with one attached hydrogen (secondary N) is 2. The van der Waals surface area contributed by atoms with Gasteiger partial charge < -0.3 is 10.6 Å². The van der Waals surface area contributed by atoms with Crippen LogP contribution in [-0.4, -0.2) is 26.7 Å². The smallest absolute Gasteiger partial charge is 0.00111 e. The van der Waals surface area contributed by atoms with Gasteiger partial charge in [-0.1, -0.05) is 0 Å². The second-order valence-electron chi connectivity index (χ2n) is 4.10. The maximum Gasteiger partial charge on any atom is 0.00111 e. The zero-order chi connectivity index (χ0) is 7.73. The fourth-order valence-corrected chi connectivity index (χ4v) is 2.48. The monoisotopic (exact) mass is 154 g/mol. The van der Waals surface area contributed by atoms with Crippen LogP contribution in [0, 0.1) is 11.3 Å². The van der Waals surface area contributed by atoms with Gasteiger partial charge in [-0.2, -0.15) is 0 Å². The van der Waals surface area contributed by atoms with Gasteiger partial charge in [0.05, 0.1) is 0 Å². The van der Waals surface area contributed by atoms with Gasteiger partial charge in [0, 0.05) is 6.54 Å². The first-order chi connectivity index (χ1) is 5.37. The fraction of sp³-hybridized carbons (Fsp3) is 1.00. The topological polar surface area (TPSA) is 24.1 Å².